The Hall–Kier alpha value is -2.05. The number of imidazole rings is 1. The zero-order chi connectivity index (χ0) is 13.0. The first-order chi connectivity index (χ1) is 8.65. The first kappa shape index (κ1) is 17.9. The van der Waals surface area contributed by atoms with Crippen LogP contribution in [-0.2, 0) is 11.3 Å². The third-order valence-corrected chi connectivity index (χ3v) is 2.48. The summed E-state index contributed by atoms with van der Waals surface area (Å²) in [6.45, 7) is 2.26. The van der Waals surface area contributed by atoms with Crippen LogP contribution in [-0.4, -0.2) is 32.7 Å². The van der Waals surface area contributed by atoms with Crippen molar-refractivity contribution < 1.29 is 20.1 Å². The average Bonchev–Trinajstić information content (AvgIpc) is 2.80. The number of aliphatic carboxylic acids is 1. The molecular weight excluding hydrogens is 284 g/mol. The standard InChI is InChI=1S/C13H14N2O3.ClH.H2O/c1-10-2-3-12(18-8-13(16)17)11(6-10)7-15-5-4-14-9-15;;/h2-6,9H,7-8H2,1H3,(H,16,17);1H;1H2. The van der Waals surface area contributed by atoms with Gasteiger partial charge in [-0.05, 0) is 13.0 Å². The highest BCUT2D eigenvalue weighted by molar-refractivity contribution is 5.85. The molecule has 2 aromatic rings. The van der Waals surface area contributed by atoms with E-state index in [2.05, 4.69) is 4.98 Å². The number of hydrogen-bond donors (Lipinski definition) is 1. The van der Waals surface area contributed by atoms with Crippen LogP contribution in [0.1, 0.15) is 11.1 Å². The number of aromatic nitrogens is 2. The molecule has 0 aliphatic heterocycles. The second-order valence-electron chi connectivity index (χ2n) is 4.03. The van der Waals surface area contributed by atoms with E-state index in [-0.39, 0.29) is 24.5 Å². The van der Waals surface area contributed by atoms with Gasteiger partial charge in [-0.15, -0.1) is 12.4 Å². The van der Waals surface area contributed by atoms with E-state index in [1.54, 1.807) is 18.6 Å². The Morgan fingerprint density at radius 3 is 2.80 bits per heavy atom. The van der Waals surface area contributed by atoms with Crippen molar-refractivity contribution in [3.05, 3.63) is 48.0 Å². The van der Waals surface area contributed by atoms with Gasteiger partial charge in [-0.1, -0.05) is 17.7 Å². The molecule has 1 aromatic carbocycles. The molecule has 0 saturated heterocycles. The zero-order valence-corrected chi connectivity index (χ0v) is 11.8. The van der Waals surface area contributed by atoms with E-state index >= 15 is 0 Å². The van der Waals surface area contributed by atoms with Crippen molar-refractivity contribution in [1.82, 2.24) is 9.55 Å². The lowest BCUT2D eigenvalue weighted by Crippen LogP contribution is -2.11. The van der Waals surface area contributed by atoms with Gasteiger partial charge in [0, 0.05) is 18.0 Å². The molecule has 0 aliphatic rings. The lowest BCUT2D eigenvalue weighted by molar-refractivity contribution is -0.139. The number of nitrogens with zero attached hydrogens (tertiary/aromatic N) is 2. The predicted octanol–water partition coefficient (Wildman–Crippen LogP) is 1.30. The number of aryl methyl sites for hydroxylation is 1. The Morgan fingerprint density at radius 2 is 2.20 bits per heavy atom. The largest absolute Gasteiger partial charge is 0.482 e. The fourth-order valence-electron chi connectivity index (χ4n) is 1.69. The summed E-state index contributed by atoms with van der Waals surface area (Å²) in [6, 6.07) is 5.68. The minimum Gasteiger partial charge on any atom is -0.482 e. The SMILES string of the molecule is Cc1ccc(OCC(=O)O)c(Cn2ccnc2)c1.Cl.O. The molecule has 7 heteroatoms. The molecule has 0 aliphatic carbocycles. The molecule has 0 saturated carbocycles. The Labute approximate surface area is 122 Å². The summed E-state index contributed by atoms with van der Waals surface area (Å²) in [5, 5.41) is 8.64. The number of ether oxygens (including phenoxy) is 1. The van der Waals surface area contributed by atoms with Gasteiger partial charge in [-0.3, -0.25) is 0 Å². The monoisotopic (exact) mass is 300 g/mol. The molecule has 0 radical (unpaired) electrons. The van der Waals surface area contributed by atoms with Crippen LogP contribution in [0.3, 0.4) is 0 Å². The van der Waals surface area contributed by atoms with Crippen molar-refractivity contribution in [3.63, 3.8) is 0 Å². The average molecular weight is 301 g/mol. The summed E-state index contributed by atoms with van der Waals surface area (Å²) >= 11 is 0. The molecule has 3 N–H and O–H groups in total. The number of rotatable bonds is 5. The Bertz CT molecular complexity index is 543. The molecule has 0 unspecified atom stereocenters. The van der Waals surface area contributed by atoms with Crippen LogP contribution in [0.4, 0.5) is 0 Å². The third kappa shape index (κ3) is 4.91. The van der Waals surface area contributed by atoms with Gasteiger partial charge in [0.05, 0.1) is 12.9 Å². The number of benzene rings is 1. The summed E-state index contributed by atoms with van der Waals surface area (Å²) in [5.74, 6) is -0.388. The quantitative estimate of drug-likeness (QED) is 0.900. The van der Waals surface area contributed by atoms with E-state index in [9.17, 15) is 4.79 Å². The minimum atomic E-state index is -0.982. The number of carboxylic acid groups (broad SMARTS) is 1. The fraction of sp³-hybridized carbons (Fsp3) is 0.231. The molecule has 110 valence electrons. The number of carboxylic acids is 1. The third-order valence-electron chi connectivity index (χ3n) is 2.48. The van der Waals surface area contributed by atoms with Crippen LogP contribution < -0.4 is 4.74 Å². The molecule has 2 rings (SSSR count). The zero-order valence-electron chi connectivity index (χ0n) is 10.9. The summed E-state index contributed by atoms with van der Waals surface area (Å²) in [5.41, 5.74) is 2.04. The van der Waals surface area contributed by atoms with Crippen LogP contribution in [0.2, 0.25) is 0 Å². The highest BCUT2D eigenvalue weighted by Crippen LogP contribution is 2.21. The highest BCUT2D eigenvalue weighted by Gasteiger charge is 2.07. The molecule has 0 atom stereocenters. The lowest BCUT2D eigenvalue weighted by Gasteiger charge is -2.11. The molecule has 20 heavy (non-hydrogen) atoms. The van der Waals surface area contributed by atoms with E-state index in [0.717, 1.165) is 11.1 Å². The number of halogens is 1. The summed E-state index contributed by atoms with van der Waals surface area (Å²) in [6.07, 6.45) is 5.26. The summed E-state index contributed by atoms with van der Waals surface area (Å²) in [7, 11) is 0. The van der Waals surface area contributed by atoms with Crippen molar-refractivity contribution in [3.8, 4) is 5.75 Å². The molecule has 6 nitrogen and oxygen atoms in total. The smallest absolute Gasteiger partial charge is 0.341 e. The lowest BCUT2D eigenvalue weighted by atomic mass is 10.1. The Balaban J connectivity index is 0.00000180. The van der Waals surface area contributed by atoms with Crippen LogP contribution in [0.15, 0.2) is 36.9 Å². The van der Waals surface area contributed by atoms with E-state index in [0.29, 0.717) is 12.3 Å². The van der Waals surface area contributed by atoms with Crippen molar-refractivity contribution in [2.45, 2.75) is 13.5 Å². The molecule has 1 heterocycles. The van der Waals surface area contributed by atoms with Gasteiger partial charge in [-0.25, -0.2) is 9.78 Å². The number of carbonyl (C=O) groups is 1. The maximum atomic E-state index is 10.5. The Morgan fingerprint density at radius 1 is 1.45 bits per heavy atom. The van der Waals surface area contributed by atoms with Gasteiger partial charge >= 0.3 is 5.97 Å². The topological polar surface area (TPSA) is 95.8 Å². The van der Waals surface area contributed by atoms with Crippen LogP contribution in [0.5, 0.6) is 5.75 Å². The maximum absolute atomic E-state index is 10.5. The molecule has 1 aromatic heterocycles. The van der Waals surface area contributed by atoms with Crippen LogP contribution >= 0.6 is 12.4 Å². The molecule has 0 spiro atoms. The first-order valence-corrected chi connectivity index (χ1v) is 5.55. The second-order valence-corrected chi connectivity index (χ2v) is 4.03. The summed E-state index contributed by atoms with van der Waals surface area (Å²) in [4.78, 5) is 14.5. The van der Waals surface area contributed by atoms with Gasteiger partial charge in [0.2, 0.25) is 0 Å². The van der Waals surface area contributed by atoms with E-state index in [4.69, 9.17) is 9.84 Å². The van der Waals surface area contributed by atoms with E-state index in [1.165, 1.54) is 0 Å². The van der Waals surface area contributed by atoms with Crippen molar-refractivity contribution >= 4 is 18.4 Å². The van der Waals surface area contributed by atoms with Crippen molar-refractivity contribution in [2.75, 3.05) is 6.61 Å². The predicted molar refractivity (Wildman–Crippen MR) is 76.5 cm³/mol. The Kier molecular flexibility index (Phi) is 7.35. The van der Waals surface area contributed by atoms with Gasteiger partial charge in [0.1, 0.15) is 5.75 Å². The number of hydrogen-bond acceptors (Lipinski definition) is 3. The van der Waals surface area contributed by atoms with E-state index in [1.807, 2.05) is 29.8 Å². The van der Waals surface area contributed by atoms with Crippen LogP contribution in [0, 0.1) is 6.92 Å². The van der Waals surface area contributed by atoms with Crippen molar-refractivity contribution in [1.29, 1.82) is 0 Å². The second kappa shape index (κ2) is 8.19. The summed E-state index contributed by atoms with van der Waals surface area (Å²) < 4.78 is 7.17. The first-order valence-electron chi connectivity index (χ1n) is 5.55. The van der Waals surface area contributed by atoms with Gasteiger partial charge in [-0.2, -0.15) is 0 Å². The van der Waals surface area contributed by atoms with Crippen molar-refractivity contribution in [2.24, 2.45) is 0 Å². The molecule has 0 bridgehead atoms. The molecular formula is C13H17ClN2O4. The van der Waals surface area contributed by atoms with E-state index < -0.39 is 5.97 Å². The normalized spacial score (nSPS) is 9.25. The van der Waals surface area contributed by atoms with Gasteiger partial charge in [0.25, 0.3) is 0 Å². The fourth-order valence-corrected chi connectivity index (χ4v) is 1.69. The maximum Gasteiger partial charge on any atom is 0.341 e. The highest BCUT2D eigenvalue weighted by atomic mass is 35.5. The van der Waals surface area contributed by atoms with Gasteiger partial charge in [0.15, 0.2) is 6.61 Å². The van der Waals surface area contributed by atoms with Gasteiger partial charge < -0.3 is 19.9 Å². The minimum absolute atomic E-state index is 0. The molecule has 0 amide bonds. The molecule has 0 fully saturated rings. The van der Waals surface area contributed by atoms with Crippen LogP contribution in [0.25, 0.3) is 0 Å².